The quantitative estimate of drug-likeness (QED) is 0.784. The average molecular weight is 257 g/mol. The van der Waals surface area contributed by atoms with Crippen LogP contribution in [0.5, 0.6) is 0 Å². The summed E-state index contributed by atoms with van der Waals surface area (Å²) in [4.78, 5) is 24.4. The highest BCUT2D eigenvalue weighted by Crippen LogP contribution is 2.17. The lowest BCUT2D eigenvalue weighted by atomic mass is 10.1. The number of nitrogens with zero attached hydrogens (tertiary/aromatic N) is 1. The lowest BCUT2D eigenvalue weighted by Gasteiger charge is -2.32. The van der Waals surface area contributed by atoms with Crippen molar-refractivity contribution in [2.75, 3.05) is 26.3 Å². The summed E-state index contributed by atoms with van der Waals surface area (Å²) in [5.41, 5.74) is 0. The topological polar surface area (TPSA) is 76.1 Å². The van der Waals surface area contributed by atoms with Crippen LogP contribution in [0.3, 0.4) is 0 Å². The maximum Gasteiger partial charge on any atom is 0.334 e. The Kier molecular flexibility index (Phi) is 4.54. The molecule has 2 saturated heterocycles. The fourth-order valence-corrected chi connectivity index (χ4v) is 2.32. The number of hydrogen-bond donors (Lipinski definition) is 1. The molecule has 0 radical (unpaired) electrons. The van der Waals surface area contributed by atoms with Crippen LogP contribution in [0.25, 0.3) is 0 Å². The van der Waals surface area contributed by atoms with Crippen molar-refractivity contribution in [3.05, 3.63) is 0 Å². The third kappa shape index (κ3) is 3.43. The van der Waals surface area contributed by atoms with Crippen molar-refractivity contribution >= 4 is 11.9 Å². The lowest BCUT2D eigenvalue weighted by Crippen LogP contribution is -2.49. The van der Waals surface area contributed by atoms with Crippen LogP contribution in [0, 0.1) is 0 Å². The fourth-order valence-electron chi connectivity index (χ4n) is 2.32. The van der Waals surface area contributed by atoms with Crippen molar-refractivity contribution in [1.82, 2.24) is 4.90 Å². The summed E-state index contributed by atoms with van der Waals surface area (Å²) in [6.45, 7) is 1.61. The van der Waals surface area contributed by atoms with Crippen molar-refractivity contribution in [3.63, 3.8) is 0 Å². The fraction of sp³-hybridized carbons (Fsp3) is 0.833. The molecule has 2 fully saturated rings. The molecule has 0 aromatic carbocycles. The third-order valence-electron chi connectivity index (χ3n) is 3.37. The van der Waals surface area contributed by atoms with Crippen molar-refractivity contribution in [2.24, 2.45) is 0 Å². The summed E-state index contributed by atoms with van der Waals surface area (Å²) < 4.78 is 10.6. The second kappa shape index (κ2) is 6.15. The number of carbonyl (C=O) groups excluding carboxylic acids is 1. The summed E-state index contributed by atoms with van der Waals surface area (Å²) in [6.07, 6.45) is 2.53. The van der Waals surface area contributed by atoms with Crippen LogP contribution in [0.15, 0.2) is 0 Å². The van der Waals surface area contributed by atoms with E-state index in [-0.39, 0.29) is 25.2 Å². The van der Waals surface area contributed by atoms with Gasteiger partial charge >= 0.3 is 5.97 Å². The first-order chi connectivity index (χ1) is 8.66. The number of amides is 1. The molecule has 1 N–H and O–H groups in total. The van der Waals surface area contributed by atoms with E-state index >= 15 is 0 Å². The van der Waals surface area contributed by atoms with E-state index in [1.165, 1.54) is 0 Å². The second-order valence-corrected chi connectivity index (χ2v) is 4.73. The van der Waals surface area contributed by atoms with Crippen LogP contribution >= 0.6 is 0 Å². The number of carboxylic acid groups (broad SMARTS) is 1. The van der Waals surface area contributed by atoms with Gasteiger partial charge in [0.25, 0.3) is 0 Å². The molecule has 18 heavy (non-hydrogen) atoms. The zero-order chi connectivity index (χ0) is 13.0. The van der Waals surface area contributed by atoms with E-state index < -0.39 is 12.1 Å². The molecule has 0 aromatic heterocycles. The predicted octanol–water partition coefficient (Wildman–Crippen LogP) is 0.258. The Bertz CT molecular complexity index is 314. The van der Waals surface area contributed by atoms with Gasteiger partial charge in [0.05, 0.1) is 25.7 Å². The molecule has 0 spiro atoms. The van der Waals surface area contributed by atoms with Crippen molar-refractivity contribution in [3.8, 4) is 0 Å². The molecule has 2 atom stereocenters. The lowest BCUT2D eigenvalue weighted by molar-refractivity contribution is -0.160. The molecule has 1 amide bonds. The molecule has 0 saturated carbocycles. The number of aliphatic carboxylic acids is 1. The number of ether oxygens (including phenoxy) is 2. The average Bonchev–Trinajstić information content (AvgIpc) is 2.40. The van der Waals surface area contributed by atoms with E-state index in [2.05, 4.69) is 0 Å². The number of hydrogen-bond acceptors (Lipinski definition) is 4. The van der Waals surface area contributed by atoms with Gasteiger partial charge in [0.2, 0.25) is 5.91 Å². The maximum absolute atomic E-state index is 12.0. The Balaban J connectivity index is 1.82. The van der Waals surface area contributed by atoms with Crippen LogP contribution < -0.4 is 0 Å². The largest absolute Gasteiger partial charge is 0.479 e. The first-order valence-electron chi connectivity index (χ1n) is 6.40. The van der Waals surface area contributed by atoms with E-state index in [0.29, 0.717) is 13.0 Å². The monoisotopic (exact) mass is 257 g/mol. The SMILES string of the molecule is O=C(O)[C@H]1CN(C(=O)C[C@@H]2CCCCO2)CCO1. The minimum atomic E-state index is -1.01. The highest BCUT2D eigenvalue weighted by Gasteiger charge is 2.30. The van der Waals surface area contributed by atoms with Gasteiger partial charge in [-0.2, -0.15) is 0 Å². The van der Waals surface area contributed by atoms with E-state index in [1.54, 1.807) is 4.90 Å². The Morgan fingerprint density at radius 1 is 1.22 bits per heavy atom. The third-order valence-corrected chi connectivity index (χ3v) is 3.37. The van der Waals surface area contributed by atoms with Gasteiger partial charge in [-0.15, -0.1) is 0 Å². The molecule has 2 aliphatic rings. The van der Waals surface area contributed by atoms with Gasteiger partial charge in [0.1, 0.15) is 0 Å². The minimum Gasteiger partial charge on any atom is -0.479 e. The number of rotatable bonds is 3. The second-order valence-electron chi connectivity index (χ2n) is 4.73. The highest BCUT2D eigenvalue weighted by atomic mass is 16.5. The first-order valence-corrected chi connectivity index (χ1v) is 6.40. The van der Waals surface area contributed by atoms with Crippen molar-refractivity contribution in [2.45, 2.75) is 37.9 Å². The van der Waals surface area contributed by atoms with Gasteiger partial charge in [-0.25, -0.2) is 4.79 Å². The summed E-state index contributed by atoms with van der Waals surface area (Å²) in [5, 5.41) is 8.87. The summed E-state index contributed by atoms with van der Waals surface area (Å²) in [5.74, 6) is -1.04. The molecule has 0 aromatic rings. The zero-order valence-electron chi connectivity index (χ0n) is 10.3. The van der Waals surface area contributed by atoms with Crippen LogP contribution in [0.4, 0.5) is 0 Å². The maximum atomic E-state index is 12.0. The zero-order valence-corrected chi connectivity index (χ0v) is 10.3. The standard InChI is InChI=1S/C12H19NO5/c14-11(7-9-3-1-2-5-17-9)13-4-6-18-10(8-13)12(15)16/h9-10H,1-8H2,(H,15,16)/t9-,10+/m0/s1. The molecular formula is C12H19NO5. The van der Waals surface area contributed by atoms with E-state index in [4.69, 9.17) is 14.6 Å². The Morgan fingerprint density at radius 2 is 2.06 bits per heavy atom. The normalized spacial score (nSPS) is 29.0. The minimum absolute atomic E-state index is 0.00243. The molecule has 6 heteroatoms. The molecule has 2 rings (SSSR count). The first kappa shape index (κ1) is 13.3. The van der Waals surface area contributed by atoms with Crippen LogP contribution in [-0.2, 0) is 19.1 Å². The molecule has 0 aliphatic carbocycles. The molecule has 2 heterocycles. The van der Waals surface area contributed by atoms with Gasteiger partial charge < -0.3 is 19.5 Å². The van der Waals surface area contributed by atoms with Gasteiger partial charge in [-0.05, 0) is 19.3 Å². The van der Waals surface area contributed by atoms with E-state index in [0.717, 1.165) is 25.9 Å². The highest BCUT2D eigenvalue weighted by molar-refractivity contribution is 5.79. The van der Waals surface area contributed by atoms with E-state index in [1.807, 2.05) is 0 Å². The molecule has 102 valence electrons. The van der Waals surface area contributed by atoms with Gasteiger partial charge in [0.15, 0.2) is 6.10 Å². The number of carboxylic acids is 1. The van der Waals surface area contributed by atoms with Gasteiger partial charge in [-0.1, -0.05) is 0 Å². The smallest absolute Gasteiger partial charge is 0.334 e. The Morgan fingerprint density at radius 3 is 2.72 bits per heavy atom. The van der Waals surface area contributed by atoms with Gasteiger partial charge in [-0.3, -0.25) is 4.79 Å². The van der Waals surface area contributed by atoms with Crippen molar-refractivity contribution in [1.29, 1.82) is 0 Å². The summed E-state index contributed by atoms with van der Waals surface area (Å²) in [7, 11) is 0. The molecule has 0 bridgehead atoms. The summed E-state index contributed by atoms with van der Waals surface area (Å²) >= 11 is 0. The van der Waals surface area contributed by atoms with Gasteiger partial charge in [0, 0.05) is 13.2 Å². The number of morpholine rings is 1. The number of carbonyl (C=O) groups is 2. The van der Waals surface area contributed by atoms with Crippen LogP contribution in [0.2, 0.25) is 0 Å². The molecule has 2 aliphatic heterocycles. The van der Waals surface area contributed by atoms with E-state index in [9.17, 15) is 9.59 Å². The molecular weight excluding hydrogens is 238 g/mol. The Hall–Kier alpha value is -1.14. The predicted molar refractivity (Wildman–Crippen MR) is 62.2 cm³/mol. The van der Waals surface area contributed by atoms with Crippen LogP contribution in [0.1, 0.15) is 25.7 Å². The molecule has 6 nitrogen and oxygen atoms in total. The molecule has 0 unspecified atom stereocenters. The van der Waals surface area contributed by atoms with Crippen LogP contribution in [-0.4, -0.2) is 60.4 Å². The summed E-state index contributed by atoms with van der Waals surface area (Å²) in [6, 6.07) is 0. The Labute approximate surface area is 106 Å². The van der Waals surface area contributed by atoms with Crippen molar-refractivity contribution < 1.29 is 24.2 Å².